The van der Waals surface area contributed by atoms with Gasteiger partial charge in [0.15, 0.2) is 9.84 Å². The lowest BCUT2D eigenvalue weighted by atomic mass is 10.2. The first kappa shape index (κ1) is 14.1. The summed E-state index contributed by atoms with van der Waals surface area (Å²) in [5.74, 6) is -0.155. The maximum atomic E-state index is 11.2. The molecule has 0 amide bonds. The van der Waals surface area contributed by atoms with Crippen LogP contribution in [0.1, 0.15) is 13.3 Å². The molecule has 1 aliphatic rings. The monoisotopic (exact) mass is 269 g/mol. The van der Waals surface area contributed by atoms with Crippen LogP contribution in [0, 0.1) is 0 Å². The van der Waals surface area contributed by atoms with Gasteiger partial charge in [0.2, 0.25) is 0 Å². The Bertz CT molecular complexity index is 355. The summed E-state index contributed by atoms with van der Waals surface area (Å²) in [5, 5.41) is 12.6. The van der Waals surface area contributed by atoms with E-state index in [2.05, 4.69) is 5.32 Å². The van der Waals surface area contributed by atoms with Crippen LogP contribution < -0.4 is 5.32 Å². The summed E-state index contributed by atoms with van der Waals surface area (Å²) < 4.78 is 33.5. The fraction of sp³-hybridized carbons (Fsp3) is 1.00. The van der Waals surface area contributed by atoms with Crippen molar-refractivity contribution in [2.45, 2.75) is 30.7 Å². The van der Waals surface area contributed by atoms with Crippen molar-refractivity contribution in [2.75, 3.05) is 24.3 Å². The van der Waals surface area contributed by atoms with Gasteiger partial charge in [0, 0.05) is 28.3 Å². The Morgan fingerprint density at radius 2 is 2.12 bits per heavy atom. The third-order valence-corrected chi connectivity index (χ3v) is 5.93. The van der Waals surface area contributed by atoms with Gasteiger partial charge in [-0.15, -0.1) is 0 Å². The van der Waals surface area contributed by atoms with E-state index in [1.54, 1.807) is 6.26 Å². The van der Waals surface area contributed by atoms with Crippen LogP contribution in [0.15, 0.2) is 0 Å². The molecule has 1 heterocycles. The third kappa shape index (κ3) is 4.12. The highest BCUT2D eigenvalue weighted by atomic mass is 32.2. The quantitative estimate of drug-likeness (QED) is 0.661. The summed E-state index contributed by atoms with van der Waals surface area (Å²) in [4.78, 5) is 0. The van der Waals surface area contributed by atoms with Gasteiger partial charge < -0.3 is 10.4 Å². The first-order valence-electron chi connectivity index (χ1n) is 5.26. The van der Waals surface area contributed by atoms with Crippen molar-refractivity contribution in [1.29, 1.82) is 0 Å². The highest BCUT2D eigenvalue weighted by Crippen LogP contribution is 2.12. The Kier molecular flexibility index (Phi) is 4.90. The van der Waals surface area contributed by atoms with Gasteiger partial charge in [-0.3, -0.25) is 4.21 Å². The van der Waals surface area contributed by atoms with Gasteiger partial charge in [0.1, 0.15) is 0 Å². The molecule has 0 aromatic rings. The zero-order valence-electron chi connectivity index (χ0n) is 9.55. The zero-order valence-corrected chi connectivity index (χ0v) is 11.2. The molecular weight excluding hydrogens is 250 g/mol. The molecule has 4 unspecified atom stereocenters. The molecule has 1 saturated heterocycles. The van der Waals surface area contributed by atoms with Crippen LogP contribution in [-0.2, 0) is 20.6 Å². The summed E-state index contributed by atoms with van der Waals surface area (Å²) in [5.41, 5.74) is 0. The topological polar surface area (TPSA) is 83.5 Å². The van der Waals surface area contributed by atoms with E-state index in [0.717, 1.165) is 0 Å². The predicted molar refractivity (Wildman–Crippen MR) is 64.6 cm³/mol. The Balaban J connectivity index is 2.32. The molecule has 2 N–H and O–H groups in total. The van der Waals surface area contributed by atoms with Gasteiger partial charge in [-0.05, 0) is 13.0 Å². The second kappa shape index (κ2) is 5.57. The van der Waals surface area contributed by atoms with Crippen LogP contribution in [-0.4, -0.2) is 59.4 Å². The van der Waals surface area contributed by atoms with E-state index in [0.29, 0.717) is 13.0 Å². The number of sulfone groups is 1. The standard InChI is InChI=1S/C9H19NO4S2/c1-7(15(2)12)3-4-10-8-5-16(13,14)6-9(8)11/h7-11H,3-6H2,1-2H3. The van der Waals surface area contributed by atoms with Crippen LogP contribution in [0.25, 0.3) is 0 Å². The molecule has 0 aromatic heterocycles. The molecule has 0 aliphatic carbocycles. The third-order valence-electron chi connectivity index (χ3n) is 2.85. The minimum absolute atomic E-state index is 0.00222. The van der Waals surface area contributed by atoms with Crippen LogP contribution >= 0.6 is 0 Å². The average molecular weight is 269 g/mol. The predicted octanol–water partition coefficient (Wildman–Crippen LogP) is -1.11. The van der Waals surface area contributed by atoms with E-state index in [1.165, 1.54) is 0 Å². The van der Waals surface area contributed by atoms with E-state index in [9.17, 15) is 17.7 Å². The van der Waals surface area contributed by atoms with Gasteiger partial charge >= 0.3 is 0 Å². The second-order valence-corrected chi connectivity index (χ2v) is 8.26. The molecule has 1 fully saturated rings. The SMILES string of the molecule is CC(CCNC1CS(=O)(=O)CC1O)S(C)=O. The van der Waals surface area contributed by atoms with Crippen LogP contribution in [0.4, 0.5) is 0 Å². The highest BCUT2D eigenvalue weighted by molar-refractivity contribution is 7.91. The molecule has 0 aromatic carbocycles. The molecule has 96 valence electrons. The van der Waals surface area contributed by atoms with Crippen molar-refractivity contribution in [2.24, 2.45) is 0 Å². The normalized spacial score (nSPS) is 32.4. The van der Waals surface area contributed by atoms with E-state index in [4.69, 9.17) is 0 Å². The van der Waals surface area contributed by atoms with E-state index in [1.807, 2.05) is 6.92 Å². The van der Waals surface area contributed by atoms with E-state index >= 15 is 0 Å². The molecule has 0 bridgehead atoms. The molecule has 16 heavy (non-hydrogen) atoms. The van der Waals surface area contributed by atoms with Crippen LogP contribution in [0.2, 0.25) is 0 Å². The first-order valence-corrected chi connectivity index (χ1v) is 8.70. The van der Waals surface area contributed by atoms with Gasteiger partial charge in [0.05, 0.1) is 17.6 Å². The maximum Gasteiger partial charge on any atom is 0.154 e. The van der Waals surface area contributed by atoms with E-state index in [-0.39, 0.29) is 22.8 Å². The molecule has 1 rings (SSSR count). The number of aliphatic hydroxyl groups is 1. The maximum absolute atomic E-state index is 11.2. The fourth-order valence-corrected chi connectivity index (χ4v) is 3.89. The lowest BCUT2D eigenvalue weighted by Crippen LogP contribution is -2.40. The number of rotatable bonds is 5. The van der Waals surface area contributed by atoms with Crippen molar-refractivity contribution < 1.29 is 17.7 Å². The Morgan fingerprint density at radius 1 is 1.50 bits per heavy atom. The van der Waals surface area contributed by atoms with E-state index < -0.39 is 26.7 Å². The van der Waals surface area contributed by atoms with Crippen molar-refractivity contribution in [3.8, 4) is 0 Å². The van der Waals surface area contributed by atoms with Gasteiger partial charge in [-0.1, -0.05) is 6.92 Å². The Morgan fingerprint density at radius 3 is 2.56 bits per heavy atom. The van der Waals surface area contributed by atoms with Crippen molar-refractivity contribution in [3.05, 3.63) is 0 Å². The summed E-state index contributed by atoms with van der Waals surface area (Å²) in [7, 11) is -3.94. The lowest BCUT2D eigenvalue weighted by Gasteiger charge is -2.16. The minimum Gasteiger partial charge on any atom is -0.390 e. The fourth-order valence-electron chi connectivity index (χ4n) is 1.66. The van der Waals surface area contributed by atoms with Crippen molar-refractivity contribution >= 4 is 20.6 Å². The minimum atomic E-state index is -3.08. The molecule has 0 saturated carbocycles. The Labute approximate surface area is 99.0 Å². The molecule has 1 aliphatic heterocycles. The molecular formula is C9H19NO4S2. The smallest absolute Gasteiger partial charge is 0.154 e. The number of aliphatic hydroxyl groups excluding tert-OH is 1. The molecule has 7 heteroatoms. The van der Waals surface area contributed by atoms with Crippen molar-refractivity contribution in [1.82, 2.24) is 5.32 Å². The number of hydrogen-bond donors (Lipinski definition) is 2. The van der Waals surface area contributed by atoms with Gasteiger partial charge in [-0.25, -0.2) is 8.42 Å². The average Bonchev–Trinajstić information content (AvgIpc) is 2.39. The van der Waals surface area contributed by atoms with Gasteiger partial charge in [0.25, 0.3) is 0 Å². The number of hydrogen-bond acceptors (Lipinski definition) is 5. The van der Waals surface area contributed by atoms with Crippen LogP contribution in [0.5, 0.6) is 0 Å². The molecule has 4 atom stereocenters. The summed E-state index contributed by atoms with van der Waals surface area (Å²) >= 11 is 0. The first-order chi connectivity index (χ1) is 7.32. The zero-order chi connectivity index (χ0) is 12.3. The van der Waals surface area contributed by atoms with Crippen molar-refractivity contribution in [3.63, 3.8) is 0 Å². The molecule has 0 radical (unpaired) electrons. The number of nitrogens with one attached hydrogen (secondary N) is 1. The second-order valence-electron chi connectivity index (χ2n) is 4.30. The Hall–Kier alpha value is 0.0200. The lowest BCUT2D eigenvalue weighted by molar-refractivity contribution is 0.166. The highest BCUT2D eigenvalue weighted by Gasteiger charge is 2.35. The molecule has 0 spiro atoms. The van der Waals surface area contributed by atoms with Crippen LogP contribution in [0.3, 0.4) is 0 Å². The summed E-state index contributed by atoms with van der Waals surface area (Å²) in [6.07, 6.45) is 1.55. The summed E-state index contributed by atoms with van der Waals surface area (Å²) in [6.45, 7) is 2.47. The molecule has 5 nitrogen and oxygen atoms in total. The largest absolute Gasteiger partial charge is 0.390 e. The summed E-state index contributed by atoms with van der Waals surface area (Å²) in [6, 6.07) is -0.373. The van der Waals surface area contributed by atoms with Gasteiger partial charge in [-0.2, -0.15) is 0 Å².